The van der Waals surface area contributed by atoms with E-state index in [-0.39, 0.29) is 0 Å². The van der Waals surface area contributed by atoms with Gasteiger partial charge in [-0.1, -0.05) is 27.2 Å². The van der Waals surface area contributed by atoms with Crippen molar-refractivity contribution in [2.75, 3.05) is 6.54 Å². The maximum Gasteiger partial charge on any atom is 0.108 e. The Labute approximate surface area is 117 Å². The zero-order valence-electron chi connectivity index (χ0n) is 12.7. The van der Waals surface area contributed by atoms with Crippen molar-refractivity contribution in [1.29, 1.82) is 0 Å². The highest BCUT2D eigenvalue weighted by Gasteiger charge is 2.31. The lowest BCUT2D eigenvalue weighted by atomic mass is 9.80. The minimum atomic E-state index is 0.600. The molecule has 0 aromatic carbocycles. The second-order valence-corrected chi connectivity index (χ2v) is 5.82. The minimum absolute atomic E-state index is 0.600. The van der Waals surface area contributed by atoms with Gasteiger partial charge in [-0.2, -0.15) is 0 Å². The molecule has 1 aliphatic carbocycles. The summed E-state index contributed by atoms with van der Waals surface area (Å²) in [5, 5.41) is 3.69. The average molecular weight is 263 g/mol. The van der Waals surface area contributed by atoms with Gasteiger partial charge >= 0.3 is 0 Å². The van der Waals surface area contributed by atoms with Crippen LogP contribution in [0.1, 0.15) is 64.7 Å². The predicted octanol–water partition coefficient (Wildman–Crippen LogP) is 3.56. The van der Waals surface area contributed by atoms with E-state index in [9.17, 15) is 0 Å². The normalized spacial score (nSPS) is 27.6. The van der Waals surface area contributed by atoms with E-state index in [4.69, 9.17) is 0 Å². The molecule has 3 nitrogen and oxygen atoms in total. The van der Waals surface area contributed by atoms with E-state index in [0.29, 0.717) is 12.1 Å². The van der Waals surface area contributed by atoms with E-state index in [1.165, 1.54) is 37.9 Å². The fourth-order valence-electron chi connectivity index (χ4n) is 3.47. The van der Waals surface area contributed by atoms with Gasteiger partial charge in [-0.25, -0.2) is 4.98 Å². The molecule has 3 heteroatoms. The lowest BCUT2D eigenvalue weighted by Crippen LogP contribution is -2.42. The maximum atomic E-state index is 4.56. The molecule has 0 spiro atoms. The van der Waals surface area contributed by atoms with Crippen LogP contribution < -0.4 is 5.32 Å². The minimum Gasteiger partial charge on any atom is -0.330 e. The number of aromatic nitrogens is 2. The molecule has 1 aromatic heterocycles. The highest BCUT2D eigenvalue weighted by molar-refractivity contribution is 5.00. The summed E-state index contributed by atoms with van der Waals surface area (Å²) in [5.41, 5.74) is 0. The summed E-state index contributed by atoms with van der Waals surface area (Å²) in [5.74, 6) is 2.16. The molecule has 3 unspecified atom stereocenters. The Morgan fingerprint density at radius 3 is 2.84 bits per heavy atom. The Morgan fingerprint density at radius 2 is 2.16 bits per heavy atom. The molecule has 1 fully saturated rings. The third kappa shape index (κ3) is 3.38. The molecule has 0 amide bonds. The standard InChI is InChI=1S/C16H29N3/c1-4-7-16-18-10-11-19(16)15-12-13(5-2)8-9-14(15)17-6-3/h10-11,13-15,17H,4-9,12H2,1-3H3. The van der Waals surface area contributed by atoms with Crippen molar-refractivity contribution in [1.82, 2.24) is 14.9 Å². The summed E-state index contributed by atoms with van der Waals surface area (Å²) in [6.07, 6.45) is 11.7. The van der Waals surface area contributed by atoms with Crippen LogP contribution >= 0.6 is 0 Å². The molecule has 1 heterocycles. The first-order valence-corrected chi connectivity index (χ1v) is 8.05. The molecule has 2 rings (SSSR count). The van der Waals surface area contributed by atoms with Gasteiger partial charge in [0.05, 0.1) is 6.04 Å². The summed E-state index contributed by atoms with van der Waals surface area (Å²) in [6, 6.07) is 1.22. The number of hydrogen-bond acceptors (Lipinski definition) is 2. The largest absolute Gasteiger partial charge is 0.330 e. The zero-order chi connectivity index (χ0) is 13.7. The van der Waals surface area contributed by atoms with Crippen LogP contribution in [-0.4, -0.2) is 22.1 Å². The van der Waals surface area contributed by atoms with Gasteiger partial charge in [0, 0.05) is 24.9 Å². The number of imidazole rings is 1. The number of aryl methyl sites for hydroxylation is 1. The first-order chi connectivity index (χ1) is 9.30. The van der Waals surface area contributed by atoms with E-state index in [1.807, 2.05) is 6.20 Å². The van der Waals surface area contributed by atoms with Crippen LogP contribution in [-0.2, 0) is 6.42 Å². The van der Waals surface area contributed by atoms with Crippen LogP contribution in [0, 0.1) is 5.92 Å². The van der Waals surface area contributed by atoms with Crippen LogP contribution in [0.2, 0.25) is 0 Å². The molecule has 0 aliphatic heterocycles. The van der Waals surface area contributed by atoms with Crippen LogP contribution in [0.25, 0.3) is 0 Å². The third-order valence-corrected chi connectivity index (χ3v) is 4.55. The van der Waals surface area contributed by atoms with E-state index >= 15 is 0 Å². The van der Waals surface area contributed by atoms with Crippen molar-refractivity contribution in [2.24, 2.45) is 5.92 Å². The monoisotopic (exact) mass is 263 g/mol. The highest BCUT2D eigenvalue weighted by Crippen LogP contribution is 2.35. The Hall–Kier alpha value is -0.830. The molecule has 3 atom stereocenters. The molecule has 0 saturated heterocycles. The molecular weight excluding hydrogens is 234 g/mol. The maximum absolute atomic E-state index is 4.56. The van der Waals surface area contributed by atoms with Crippen molar-refractivity contribution in [3.63, 3.8) is 0 Å². The van der Waals surface area contributed by atoms with Crippen molar-refractivity contribution in [3.05, 3.63) is 18.2 Å². The van der Waals surface area contributed by atoms with Gasteiger partial charge < -0.3 is 9.88 Å². The highest BCUT2D eigenvalue weighted by atomic mass is 15.1. The Morgan fingerprint density at radius 1 is 1.32 bits per heavy atom. The number of nitrogens with zero attached hydrogens (tertiary/aromatic N) is 2. The van der Waals surface area contributed by atoms with Crippen molar-refractivity contribution in [2.45, 2.75) is 71.4 Å². The topological polar surface area (TPSA) is 29.9 Å². The molecule has 1 N–H and O–H groups in total. The Balaban J connectivity index is 2.17. The fourth-order valence-corrected chi connectivity index (χ4v) is 3.47. The van der Waals surface area contributed by atoms with Crippen LogP contribution in [0.4, 0.5) is 0 Å². The summed E-state index contributed by atoms with van der Waals surface area (Å²) in [4.78, 5) is 4.56. The van der Waals surface area contributed by atoms with Gasteiger partial charge in [-0.05, 0) is 38.1 Å². The molecule has 1 aromatic rings. The van der Waals surface area contributed by atoms with Gasteiger partial charge in [0.15, 0.2) is 0 Å². The number of rotatable bonds is 6. The molecule has 1 aliphatic rings. The summed E-state index contributed by atoms with van der Waals surface area (Å²) in [6.45, 7) is 7.84. The van der Waals surface area contributed by atoms with Gasteiger partial charge in [0.25, 0.3) is 0 Å². The quantitative estimate of drug-likeness (QED) is 0.850. The SMILES string of the molecule is CCCc1nccn1C1CC(CC)CCC1NCC. The van der Waals surface area contributed by atoms with Crippen LogP contribution in [0.3, 0.4) is 0 Å². The van der Waals surface area contributed by atoms with Crippen molar-refractivity contribution in [3.8, 4) is 0 Å². The van der Waals surface area contributed by atoms with E-state index < -0.39 is 0 Å². The molecule has 19 heavy (non-hydrogen) atoms. The first kappa shape index (κ1) is 14.6. The van der Waals surface area contributed by atoms with Gasteiger partial charge in [0.1, 0.15) is 5.82 Å². The fraction of sp³-hybridized carbons (Fsp3) is 0.812. The second-order valence-electron chi connectivity index (χ2n) is 5.82. The third-order valence-electron chi connectivity index (χ3n) is 4.55. The zero-order valence-corrected chi connectivity index (χ0v) is 12.7. The lowest BCUT2D eigenvalue weighted by Gasteiger charge is -2.38. The van der Waals surface area contributed by atoms with E-state index in [2.05, 4.69) is 41.8 Å². The molecule has 0 radical (unpaired) electrons. The second kappa shape index (κ2) is 7.09. The van der Waals surface area contributed by atoms with Crippen molar-refractivity contribution >= 4 is 0 Å². The molecule has 1 saturated carbocycles. The summed E-state index contributed by atoms with van der Waals surface area (Å²) in [7, 11) is 0. The average Bonchev–Trinajstić information content (AvgIpc) is 2.88. The van der Waals surface area contributed by atoms with E-state index in [1.54, 1.807) is 0 Å². The van der Waals surface area contributed by atoms with Crippen LogP contribution in [0.5, 0.6) is 0 Å². The molecule has 108 valence electrons. The predicted molar refractivity (Wildman–Crippen MR) is 80.4 cm³/mol. The van der Waals surface area contributed by atoms with Gasteiger partial charge in [-0.3, -0.25) is 0 Å². The van der Waals surface area contributed by atoms with Gasteiger partial charge in [0.2, 0.25) is 0 Å². The molecular formula is C16H29N3. The number of likely N-dealkylation sites (N-methyl/N-ethyl adjacent to an activating group) is 1. The van der Waals surface area contributed by atoms with Gasteiger partial charge in [-0.15, -0.1) is 0 Å². The first-order valence-electron chi connectivity index (χ1n) is 8.05. The Bertz CT molecular complexity index is 372. The van der Waals surface area contributed by atoms with E-state index in [0.717, 1.165) is 18.9 Å². The summed E-state index contributed by atoms with van der Waals surface area (Å²) < 4.78 is 2.46. The molecule has 0 bridgehead atoms. The Kier molecular flexibility index (Phi) is 5.44. The number of nitrogens with one attached hydrogen (secondary N) is 1. The van der Waals surface area contributed by atoms with Crippen molar-refractivity contribution < 1.29 is 0 Å². The van der Waals surface area contributed by atoms with Crippen LogP contribution in [0.15, 0.2) is 12.4 Å². The number of hydrogen-bond donors (Lipinski definition) is 1. The summed E-state index contributed by atoms with van der Waals surface area (Å²) >= 11 is 0. The lowest BCUT2D eigenvalue weighted by molar-refractivity contribution is 0.200. The smallest absolute Gasteiger partial charge is 0.108 e.